The molecule has 1 N–H and O–H groups in total. The number of rotatable bonds is 5. The molecule has 0 saturated heterocycles. The van der Waals surface area contributed by atoms with Crippen LogP contribution in [0.2, 0.25) is 0 Å². The molecule has 1 aromatic carbocycles. The number of thiazole rings is 1. The first-order valence-corrected chi connectivity index (χ1v) is 9.17. The number of para-hydroxylation sites is 1. The molecular formula is C16H12N6OS2. The lowest BCUT2D eigenvalue weighted by Crippen LogP contribution is -2.14. The second-order valence-electron chi connectivity index (χ2n) is 5.03. The van der Waals surface area contributed by atoms with Crippen molar-refractivity contribution in [1.82, 2.24) is 24.7 Å². The zero-order valence-electron chi connectivity index (χ0n) is 12.9. The van der Waals surface area contributed by atoms with Crippen molar-refractivity contribution in [2.75, 3.05) is 11.1 Å². The second kappa shape index (κ2) is 6.99. The van der Waals surface area contributed by atoms with Crippen LogP contribution in [0.5, 0.6) is 0 Å². The molecule has 4 rings (SSSR count). The molecule has 0 bridgehead atoms. The molecule has 0 radical (unpaired) electrons. The molecule has 9 heteroatoms. The molecule has 4 aromatic rings. The van der Waals surface area contributed by atoms with Crippen LogP contribution in [0.1, 0.15) is 0 Å². The molecule has 1 amide bonds. The SMILES string of the molecule is O=C(CSc1nc2ccccc2s1)Nc1ccc(-n2cncn2)nc1. The molecule has 3 heterocycles. The van der Waals surface area contributed by atoms with E-state index in [0.29, 0.717) is 17.3 Å². The Morgan fingerprint density at radius 2 is 2.16 bits per heavy atom. The topological polar surface area (TPSA) is 85.6 Å². The molecule has 3 aromatic heterocycles. The van der Waals surface area contributed by atoms with Crippen LogP contribution in [0, 0.1) is 0 Å². The van der Waals surface area contributed by atoms with Crippen molar-refractivity contribution in [3.05, 3.63) is 55.2 Å². The molecule has 0 fully saturated rings. The number of carbonyl (C=O) groups excluding carboxylic acids is 1. The molecule has 0 unspecified atom stereocenters. The van der Waals surface area contributed by atoms with E-state index in [4.69, 9.17) is 0 Å². The van der Waals surface area contributed by atoms with Gasteiger partial charge in [-0.05, 0) is 24.3 Å². The van der Waals surface area contributed by atoms with Crippen LogP contribution in [0.4, 0.5) is 5.69 Å². The summed E-state index contributed by atoms with van der Waals surface area (Å²) in [6.07, 6.45) is 4.60. The maximum atomic E-state index is 12.1. The summed E-state index contributed by atoms with van der Waals surface area (Å²) in [5.74, 6) is 0.837. The fraction of sp³-hybridized carbons (Fsp3) is 0.0625. The van der Waals surface area contributed by atoms with Gasteiger partial charge in [0, 0.05) is 0 Å². The van der Waals surface area contributed by atoms with Crippen molar-refractivity contribution >= 4 is 44.9 Å². The largest absolute Gasteiger partial charge is 0.324 e. The summed E-state index contributed by atoms with van der Waals surface area (Å²) in [5, 5.41) is 6.83. The molecule has 0 aliphatic heterocycles. The average Bonchev–Trinajstić information content (AvgIpc) is 3.30. The van der Waals surface area contributed by atoms with Crippen LogP contribution >= 0.6 is 23.1 Å². The average molecular weight is 368 g/mol. The first kappa shape index (κ1) is 15.7. The van der Waals surface area contributed by atoms with Gasteiger partial charge in [-0.2, -0.15) is 5.10 Å². The number of amides is 1. The lowest BCUT2D eigenvalue weighted by molar-refractivity contribution is -0.113. The maximum Gasteiger partial charge on any atom is 0.234 e. The molecule has 25 heavy (non-hydrogen) atoms. The first-order valence-electron chi connectivity index (χ1n) is 7.37. The minimum Gasteiger partial charge on any atom is -0.324 e. The number of benzene rings is 1. The molecule has 0 aliphatic carbocycles. The number of pyridine rings is 1. The molecule has 0 aliphatic rings. The third-order valence-corrected chi connectivity index (χ3v) is 5.47. The van der Waals surface area contributed by atoms with Crippen molar-refractivity contribution in [1.29, 1.82) is 0 Å². The number of hydrogen-bond acceptors (Lipinski definition) is 7. The predicted molar refractivity (Wildman–Crippen MR) is 98.1 cm³/mol. The molecule has 0 atom stereocenters. The zero-order chi connectivity index (χ0) is 17.1. The van der Waals surface area contributed by atoms with E-state index in [2.05, 4.69) is 25.4 Å². The fourth-order valence-corrected chi connectivity index (χ4v) is 4.03. The Morgan fingerprint density at radius 3 is 2.92 bits per heavy atom. The number of anilines is 1. The quantitative estimate of drug-likeness (QED) is 0.545. The summed E-state index contributed by atoms with van der Waals surface area (Å²) >= 11 is 3.02. The van der Waals surface area contributed by atoms with Crippen molar-refractivity contribution in [2.24, 2.45) is 0 Å². The van der Waals surface area contributed by atoms with E-state index < -0.39 is 0 Å². The van der Waals surface area contributed by atoms with Gasteiger partial charge in [0.25, 0.3) is 0 Å². The molecule has 0 spiro atoms. The van der Waals surface area contributed by atoms with Crippen LogP contribution < -0.4 is 5.32 Å². The molecular weight excluding hydrogens is 356 g/mol. The number of nitrogens with one attached hydrogen (secondary N) is 1. The molecule has 7 nitrogen and oxygen atoms in total. The van der Waals surface area contributed by atoms with Gasteiger partial charge in [-0.3, -0.25) is 4.79 Å². The molecule has 124 valence electrons. The Hall–Kier alpha value is -2.78. The summed E-state index contributed by atoms with van der Waals surface area (Å²) in [6.45, 7) is 0. The van der Waals surface area contributed by atoms with Crippen LogP contribution in [0.25, 0.3) is 16.0 Å². The van der Waals surface area contributed by atoms with Crippen molar-refractivity contribution in [3.63, 3.8) is 0 Å². The fourth-order valence-electron chi connectivity index (χ4n) is 2.16. The highest BCUT2D eigenvalue weighted by molar-refractivity contribution is 8.01. The maximum absolute atomic E-state index is 12.1. The Kier molecular flexibility index (Phi) is 4.40. The van der Waals surface area contributed by atoms with E-state index >= 15 is 0 Å². The summed E-state index contributed by atoms with van der Waals surface area (Å²) < 4.78 is 3.56. The monoisotopic (exact) mass is 368 g/mol. The van der Waals surface area contributed by atoms with E-state index in [1.54, 1.807) is 40.7 Å². The van der Waals surface area contributed by atoms with Gasteiger partial charge in [-0.1, -0.05) is 23.9 Å². The molecule has 0 saturated carbocycles. The normalized spacial score (nSPS) is 10.9. The van der Waals surface area contributed by atoms with Crippen molar-refractivity contribution in [2.45, 2.75) is 4.34 Å². The van der Waals surface area contributed by atoms with Gasteiger partial charge in [0.05, 0.1) is 27.9 Å². The number of carbonyl (C=O) groups is 1. The van der Waals surface area contributed by atoms with E-state index in [-0.39, 0.29) is 5.91 Å². The predicted octanol–water partition coefficient (Wildman–Crippen LogP) is 3.00. The van der Waals surface area contributed by atoms with Crippen LogP contribution in [0.15, 0.2) is 59.6 Å². The van der Waals surface area contributed by atoms with Gasteiger partial charge < -0.3 is 5.32 Å². The van der Waals surface area contributed by atoms with Gasteiger partial charge in [0.15, 0.2) is 10.2 Å². The second-order valence-corrected chi connectivity index (χ2v) is 7.28. The van der Waals surface area contributed by atoms with Crippen LogP contribution in [-0.4, -0.2) is 36.4 Å². The number of thioether (sulfide) groups is 1. The van der Waals surface area contributed by atoms with Crippen LogP contribution in [-0.2, 0) is 4.79 Å². The lowest BCUT2D eigenvalue weighted by Gasteiger charge is -2.05. The smallest absolute Gasteiger partial charge is 0.234 e. The Bertz CT molecular complexity index is 964. The van der Waals surface area contributed by atoms with Gasteiger partial charge >= 0.3 is 0 Å². The highest BCUT2D eigenvalue weighted by atomic mass is 32.2. The van der Waals surface area contributed by atoms with Gasteiger partial charge in [-0.15, -0.1) is 11.3 Å². The van der Waals surface area contributed by atoms with Crippen molar-refractivity contribution < 1.29 is 4.79 Å². The third kappa shape index (κ3) is 3.67. The Balaban J connectivity index is 1.35. The van der Waals surface area contributed by atoms with Gasteiger partial charge in [0.1, 0.15) is 12.7 Å². The van der Waals surface area contributed by atoms with Gasteiger partial charge in [-0.25, -0.2) is 19.6 Å². The van der Waals surface area contributed by atoms with E-state index in [0.717, 1.165) is 14.6 Å². The standard InChI is InChI=1S/C16H12N6OS2/c23-15(8-24-16-21-12-3-1-2-4-13(12)25-16)20-11-5-6-14(18-7-11)22-10-17-9-19-22/h1-7,9-10H,8H2,(H,20,23). The number of nitrogens with zero attached hydrogens (tertiary/aromatic N) is 5. The highest BCUT2D eigenvalue weighted by Gasteiger charge is 2.08. The minimum atomic E-state index is -0.0976. The summed E-state index contributed by atoms with van der Waals surface area (Å²) in [4.78, 5) is 24.7. The summed E-state index contributed by atoms with van der Waals surface area (Å²) in [5.41, 5.74) is 1.60. The minimum absolute atomic E-state index is 0.0976. The number of hydrogen-bond donors (Lipinski definition) is 1. The van der Waals surface area contributed by atoms with Crippen molar-refractivity contribution in [3.8, 4) is 5.82 Å². The van der Waals surface area contributed by atoms with Crippen LogP contribution in [0.3, 0.4) is 0 Å². The highest BCUT2D eigenvalue weighted by Crippen LogP contribution is 2.29. The van der Waals surface area contributed by atoms with E-state index in [1.807, 2.05) is 24.3 Å². The third-order valence-electron chi connectivity index (χ3n) is 3.29. The summed E-state index contributed by atoms with van der Waals surface area (Å²) in [6, 6.07) is 11.5. The Morgan fingerprint density at radius 1 is 1.24 bits per heavy atom. The first-order chi connectivity index (χ1) is 12.3. The number of aromatic nitrogens is 5. The van der Waals surface area contributed by atoms with E-state index in [9.17, 15) is 4.79 Å². The van der Waals surface area contributed by atoms with Gasteiger partial charge in [0.2, 0.25) is 5.91 Å². The Labute approximate surface area is 151 Å². The zero-order valence-corrected chi connectivity index (χ0v) is 14.5. The summed E-state index contributed by atoms with van der Waals surface area (Å²) in [7, 11) is 0. The van der Waals surface area contributed by atoms with E-state index in [1.165, 1.54) is 18.1 Å². The number of fused-ring (bicyclic) bond motifs is 1. The lowest BCUT2D eigenvalue weighted by atomic mass is 10.3.